The van der Waals surface area contributed by atoms with Crippen LogP contribution in [0.1, 0.15) is 17.7 Å². The van der Waals surface area contributed by atoms with Crippen LogP contribution in [0.3, 0.4) is 0 Å². The maximum absolute atomic E-state index is 12.4. The van der Waals surface area contributed by atoms with Gasteiger partial charge in [-0.05, 0) is 37.4 Å². The van der Waals surface area contributed by atoms with E-state index in [4.69, 9.17) is 11.6 Å². The summed E-state index contributed by atoms with van der Waals surface area (Å²) in [7, 11) is -2.13. The molecule has 0 spiro atoms. The minimum absolute atomic E-state index is 0.156. The zero-order chi connectivity index (χ0) is 20.2. The van der Waals surface area contributed by atoms with E-state index >= 15 is 0 Å². The number of pyridine rings is 1. The molecule has 0 N–H and O–H groups in total. The molecule has 1 aliphatic heterocycles. The number of fused-ring (bicyclic) bond motifs is 2. The highest BCUT2D eigenvalue weighted by Crippen LogP contribution is 2.35. The summed E-state index contributed by atoms with van der Waals surface area (Å²) in [5.41, 5.74) is 1.99. The molecule has 0 aromatic carbocycles. The van der Waals surface area contributed by atoms with E-state index in [-0.39, 0.29) is 21.6 Å². The summed E-state index contributed by atoms with van der Waals surface area (Å²) >= 11 is 5.93. The Hall–Kier alpha value is -2.59. The molecule has 0 saturated carbocycles. The van der Waals surface area contributed by atoms with Gasteiger partial charge in [0.1, 0.15) is 11.5 Å². The van der Waals surface area contributed by atoms with Crippen LogP contribution in [0.15, 0.2) is 22.2 Å². The van der Waals surface area contributed by atoms with E-state index in [0.717, 1.165) is 24.8 Å². The topological polar surface area (TPSA) is 111 Å². The fraction of sp³-hybridized carbons (Fsp3) is 0.353. The van der Waals surface area contributed by atoms with E-state index in [0.29, 0.717) is 29.0 Å². The Bertz CT molecular complexity index is 1290. The second-order valence-electron chi connectivity index (χ2n) is 6.76. The third-order valence-corrected chi connectivity index (χ3v) is 5.72. The van der Waals surface area contributed by atoms with Gasteiger partial charge in [0, 0.05) is 25.4 Å². The predicted molar refractivity (Wildman–Crippen MR) is 105 cm³/mol. The van der Waals surface area contributed by atoms with Crippen LogP contribution in [0.5, 0.6) is 0 Å². The first-order chi connectivity index (χ1) is 13.2. The maximum Gasteiger partial charge on any atom is 0.254 e. The molecule has 0 radical (unpaired) electrons. The Morgan fingerprint density at radius 1 is 1.21 bits per heavy atom. The van der Waals surface area contributed by atoms with Crippen LogP contribution >= 0.6 is 11.6 Å². The van der Waals surface area contributed by atoms with Gasteiger partial charge >= 0.3 is 0 Å². The summed E-state index contributed by atoms with van der Waals surface area (Å²) in [6, 6.07) is 1.68. The van der Waals surface area contributed by atoms with E-state index in [1.165, 1.54) is 4.57 Å². The third kappa shape index (κ3) is 3.02. The lowest BCUT2D eigenvalue weighted by Gasteiger charge is -2.30. The highest BCUT2D eigenvalue weighted by Gasteiger charge is 2.26. The highest BCUT2D eigenvalue weighted by atomic mass is 35.5. The monoisotopic (exact) mass is 420 g/mol. The van der Waals surface area contributed by atoms with Crippen molar-refractivity contribution in [2.75, 3.05) is 17.7 Å². The molecule has 0 saturated heterocycles. The summed E-state index contributed by atoms with van der Waals surface area (Å²) < 4.78 is 25.7. The number of hydrogen-bond donors (Lipinski definition) is 0. The average Bonchev–Trinajstić information content (AvgIpc) is 2.64. The lowest BCUT2D eigenvalue weighted by molar-refractivity contribution is 0.593. The number of aromatic nitrogens is 5. The van der Waals surface area contributed by atoms with Gasteiger partial charge in [-0.25, -0.2) is 18.4 Å². The molecule has 0 unspecified atom stereocenters. The Morgan fingerprint density at radius 2 is 1.96 bits per heavy atom. The normalized spacial score (nSPS) is 14.4. The smallest absolute Gasteiger partial charge is 0.254 e. The van der Waals surface area contributed by atoms with Crippen LogP contribution in [-0.2, 0) is 23.3 Å². The SMILES string of the molecule is Cc1cc2c(N3CCCc4nc(Cl)ncc43)nc(S(C)(=O)=O)nc2n(C)c1=O. The van der Waals surface area contributed by atoms with Gasteiger partial charge in [-0.3, -0.25) is 9.36 Å². The summed E-state index contributed by atoms with van der Waals surface area (Å²) in [6.07, 6.45) is 4.16. The first kappa shape index (κ1) is 18.8. The number of sulfone groups is 1. The van der Waals surface area contributed by atoms with Gasteiger partial charge in [0.25, 0.3) is 10.7 Å². The van der Waals surface area contributed by atoms with Crippen LogP contribution in [0.2, 0.25) is 5.28 Å². The van der Waals surface area contributed by atoms with Crippen molar-refractivity contribution in [3.05, 3.63) is 39.2 Å². The van der Waals surface area contributed by atoms with Crippen molar-refractivity contribution in [3.8, 4) is 0 Å². The largest absolute Gasteiger partial charge is 0.323 e. The summed E-state index contributed by atoms with van der Waals surface area (Å²) in [5.74, 6) is 0.399. The molecule has 0 aliphatic carbocycles. The number of aryl methyl sites for hydroxylation is 3. The van der Waals surface area contributed by atoms with Gasteiger partial charge in [0.15, 0.2) is 0 Å². The molecule has 9 nitrogen and oxygen atoms in total. The fourth-order valence-corrected chi connectivity index (χ4v) is 4.02. The van der Waals surface area contributed by atoms with Crippen LogP contribution in [0.4, 0.5) is 11.5 Å². The molecule has 0 atom stereocenters. The van der Waals surface area contributed by atoms with Gasteiger partial charge in [-0.2, -0.15) is 9.97 Å². The summed E-state index contributed by atoms with van der Waals surface area (Å²) in [5, 5.41) is 0.397. The van der Waals surface area contributed by atoms with Gasteiger partial charge < -0.3 is 4.90 Å². The molecule has 3 aromatic heterocycles. The third-order valence-electron chi connectivity index (χ3n) is 4.70. The molecule has 4 rings (SSSR count). The zero-order valence-electron chi connectivity index (χ0n) is 15.5. The van der Waals surface area contributed by atoms with E-state index in [9.17, 15) is 13.2 Å². The molecule has 0 amide bonds. The quantitative estimate of drug-likeness (QED) is 0.574. The molecule has 1 aliphatic rings. The van der Waals surface area contributed by atoms with Crippen LogP contribution in [0, 0.1) is 6.92 Å². The maximum atomic E-state index is 12.4. The first-order valence-electron chi connectivity index (χ1n) is 8.54. The van der Waals surface area contributed by atoms with Crippen molar-refractivity contribution >= 4 is 44.0 Å². The number of anilines is 2. The first-order valence-corrected chi connectivity index (χ1v) is 10.8. The van der Waals surface area contributed by atoms with E-state index in [2.05, 4.69) is 19.9 Å². The second-order valence-corrected chi connectivity index (χ2v) is 9.00. The minimum atomic E-state index is -3.70. The van der Waals surface area contributed by atoms with Crippen molar-refractivity contribution in [3.63, 3.8) is 0 Å². The van der Waals surface area contributed by atoms with Crippen molar-refractivity contribution in [1.82, 2.24) is 24.5 Å². The van der Waals surface area contributed by atoms with Crippen molar-refractivity contribution < 1.29 is 8.42 Å². The van der Waals surface area contributed by atoms with E-state index in [1.54, 1.807) is 26.2 Å². The van der Waals surface area contributed by atoms with Gasteiger partial charge in [0.05, 0.1) is 23.0 Å². The molecular formula is C17H17ClN6O3S. The van der Waals surface area contributed by atoms with Crippen molar-refractivity contribution in [2.45, 2.75) is 24.9 Å². The second kappa shape index (κ2) is 6.49. The average molecular weight is 421 g/mol. The summed E-state index contributed by atoms with van der Waals surface area (Å²) in [6.45, 7) is 2.29. The predicted octanol–water partition coefficient (Wildman–Crippen LogP) is 1.57. The number of nitrogens with zero attached hydrogens (tertiary/aromatic N) is 6. The number of hydrogen-bond acceptors (Lipinski definition) is 8. The van der Waals surface area contributed by atoms with E-state index in [1.807, 2.05) is 4.90 Å². The molecular weight excluding hydrogens is 404 g/mol. The highest BCUT2D eigenvalue weighted by molar-refractivity contribution is 7.90. The van der Waals surface area contributed by atoms with Gasteiger partial charge in [-0.15, -0.1) is 0 Å². The Kier molecular flexibility index (Phi) is 4.35. The summed E-state index contributed by atoms with van der Waals surface area (Å²) in [4.78, 5) is 31.1. The lowest BCUT2D eigenvalue weighted by atomic mass is 10.1. The molecule has 0 bridgehead atoms. The van der Waals surface area contributed by atoms with Gasteiger partial charge in [-0.1, -0.05) is 0 Å². The zero-order valence-corrected chi connectivity index (χ0v) is 17.0. The fourth-order valence-electron chi connectivity index (χ4n) is 3.36. The van der Waals surface area contributed by atoms with Crippen LogP contribution in [0.25, 0.3) is 11.0 Å². The molecule has 3 aromatic rings. The van der Waals surface area contributed by atoms with Crippen molar-refractivity contribution in [1.29, 1.82) is 0 Å². The molecule has 4 heterocycles. The van der Waals surface area contributed by atoms with Crippen LogP contribution in [-0.4, -0.2) is 45.7 Å². The molecule has 28 heavy (non-hydrogen) atoms. The molecule has 0 fully saturated rings. The molecule has 146 valence electrons. The van der Waals surface area contributed by atoms with E-state index < -0.39 is 9.84 Å². The number of rotatable bonds is 2. The Balaban J connectivity index is 2.09. The van der Waals surface area contributed by atoms with Gasteiger partial charge in [0.2, 0.25) is 15.1 Å². The minimum Gasteiger partial charge on any atom is -0.323 e. The standard InChI is InChI=1S/C17H17ClN6O3S/c1-9-7-10-13(23(2)15(9)25)21-17(28(3,26)27)22-14(10)24-6-4-5-11-12(24)8-19-16(18)20-11/h7-8H,4-6H2,1-3H3. The number of halogens is 1. The lowest BCUT2D eigenvalue weighted by Crippen LogP contribution is -2.28. The van der Waals surface area contributed by atoms with Crippen molar-refractivity contribution in [2.24, 2.45) is 7.05 Å². The Labute approximate surface area is 166 Å². The molecule has 11 heteroatoms. The Morgan fingerprint density at radius 3 is 2.68 bits per heavy atom. The van der Waals surface area contributed by atoms with Crippen LogP contribution < -0.4 is 10.5 Å².